The molecule has 6 aromatic carbocycles. The largest absolute Gasteiger partial charge is 0.293 e. The molecule has 0 saturated carbocycles. The van der Waals surface area contributed by atoms with E-state index in [1.807, 2.05) is 72.8 Å². The lowest BCUT2D eigenvalue weighted by atomic mass is 9.82. The van der Waals surface area contributed by atoms with Crippen LogP contribution in [0.2, 0.25) is 0 Å². The molecule has 0 radical (unpaired) electrons. The fourth-order valence-electron chi connectivity index (χ4n) is 9.13. The van der Waals surface area contributed by atoms with Gasteiger partial charge in [-0.15, -0.1) is 0 Å². The highest BCUT2D eigenvalue weighted by molar-refractivity contribution is 8.27. The molecule has 0 bridgehead atoms. The predicted molar refractivity (Wildman–Crippen MR) is 261 cm³/mol. The quantitative estimate of drug-likeness (QED) is 0.0984. The lowest BCUT2D eigenvalue weighted by Crippen LogP contribution is -2.15. The minimum Gasteiger partial charge on any atom is -0.293 e. The smallest absolute Gasteiger partial charge is 0.119 e. The second-order valence-corrected chi connectivity index (χ2v) is 19.0. The molecule has 0 saturated heterocycles. The summed E-state index contributed by atoms with van der Waals surface area (Å²) in [6, 6.07) is 53.3. The van der Waals surface area contributed by atoms with Gasteiger partial charge in [0, 0.05) is 33.1 Å². The first kappa shape index (κ1) is 39.4. The van der Waals surface area contributed by atoms with Crippen LogP contribution < -0.4 is 0 Å². The Morgan fingerprint density at radius 1 is 0.387 bits per heavy atom. The first-order valence-electron chi connectivity index (χ1n) is 20.6. The van der Waals surface area contributed by atoms with Crippen LogP contribution in [0.3, 0.4) is 0 Å². The Hall–Kier alpha value is -6.74. The Bertz CT molecular complexity index is 3020. The van der Waals surface area contributed by atoms with Gasteiger partial charge in [0.25, 0.3) is 0 Å². The molecule has 8 aromatic rings. The van der Waals surface area contributed by atoms with E-state index in [0.717, 1.165) is 56.8 Å². The van der Waals surface area contributed by atoms with E-state index < -0.39 is 0 Å². The van der Waals surface area contributed by atoms with Crippen molar-refractivity contribution in [2.75, 3.05) is 0 Å². The monoisotopic (exact) mass is 838 g/mol. The Kier molecular flexibility index (Phi) is 9.54. The highest BCUT2D eigenvalue weighted by Crippen LogP contribution is 2.50. The van der Waals surface area contributed by atoms with E-state index in [2.05, 4.69) is 113 Å². The van der Waals surface area contributed by atoms with Gasteiger partial charge in [-0.1, -0.05) is 137 Å². The average molecular weight is 839 g/mol. The van der Waals surface area contributed by atoms with Crippen LogP contribution in [-0.4, -0.2) is 30.1 Å². The SMILES string of the molecule is CC1(C)c2ccccc2-c2ccc(-c3cccc(C(=N)SC(=N)c4ccc5ccc(C(=N)SC(=N)c6cccc(-c7ccc8c(c7)C(C)(C)c7ccccc7-8)n6)cc5c4)n3)cc21. The summed E-state index contributed by atoms with van der Waals surface area (Å²) in [7, 11) is 0. The van der Waals surface area contributed by atoms with Gasteiger partial charge >= 0.3 is 0 Å². The molecule has 62 heavy (non-hydrogen) atoms. The first-order valence-corrected chi connectivity index (χ1v) is 22.2. The molecule has 4 N–H and O–H groups in total. The zero-order chi connectivity index (χ0) is 42.9. The minimum absolute atomic E-state index is 0.125. The summed E-state index contributed by atoms with van der Waals surface area (Å²) in [6.45, 7) is 9.06. The van der Waals surface area contributed by atoms with Crippen LogP contribution in [0, 0.1) is 21.6 Å². The van der Waals surface area contributed by atoms with E-state index in [-0.39, 0.29) is 31.0 Å². The highest BCUT2D eigenvalue weighted by atomic mass is 32.2. The normalized spacial score (nSPS) is 13.8. The van der Waals surface area contributed by atoms with Crippen molar-refractivity contribution in [3.8, 4) is 44.8 Å². The number of thioether (sulfide) groups is 2. The predicted octanol–water partition coefficient (Wildman–Crippen LogP) is 13.7. The van der Waals surface area contributed by atoms with Gasteiger partial charge in [0.1, 0.15) is 20.2 Å². The molecule has 0 aliphatic heterocycles. The van der Waals surface area contributed by atoms with Crippen LogP contribution in [0.5, 0.6) is 0 Å². The van der Waals surface area contributed by atoms with Gasteiger partial charge in [0.15, 0.2) is 0 Å². The zero-order valence-electron chi connectivity index (χ0n) is 34.7. The molecule has 2 aliphatic rings. The molecule has 10 rings (SSSR count). The van der Waals surface area contributed by atoms with Gasteiger partial charge < -0.3 is 0 Å². The van der Waals surface area contributed by atoms with Crippen molar-refractivity contribution in [2.45, 2.75) is 38.5 Å². The first-order chi connectivity index (χ1) is 29.9. The molecule has 8 heteroatoms. The third kappa shape index (κ3) is 6.71. The number of pyridine rings is 2. The van der Waals surface area contributed by atoms with Crippen LogP contribution in [0.1, 0.15) is 72.5 Å². The molecule has 2 aliphatic carbocycles. The van der Waals surface area contributed by atoms with Crippen LogP contribution in [-0.2, 0) is 10.8 Å². The van der Waals surface area contributed by atoms with Crippen molar-refractivity contribution in [3.63, 3.8) is 0 Å². The summed E-state index contributed by atoms with van der Waals surface area (Å²) >= 11 is 2.14. The number of aromatic nitrogens is 2. The van der Waals surface area contributed by atoms with Gasteiger partial charge in [-0.2, -0.15) is 0 Å². The van der Waals surface area contributed by atoms with Crippen LogP contribution in [0.25, 0.3) is 55.5 Å². The molecule has 2 heterocycles. The lowest BCUT2D eigenvalue weighted by molar-refractivity contribution is 0.660. The van der Waals surface area contributed by atoms with E-state index in [1.165, 1.54) is 44.5 Å². The molecule has 0 fully saturated rings. The molecule has 0 atom stereocenters. The molecule has 0 spiro atoms. The molecule has 300 valence electrons. The second kappa shape index (κ2) is 15.0. The number of rotatable bonds is 6. The van der Waals surface area contributed by atoms with Gasteiger partial charge in [0.05, 0.1) is 22.8 Å². The summed E-state index contributed by atoms with van der Waals surface area (Å²) in [6.07, 6.45) is 0. The Morgan fingerprint density at radius 2 is 0.806 bits per heavy atom. The van der Waals surface area contributed by atoms with Gasteiger partial charge in [0.2, 0.25) is 0 Å². The van der Waals surface area contributed by atoms with Crippen molar-refractivity contribution >= 4 is 54.5 Å². The van der Waals surface area contributed by atoms with E-state index in [1.54, 1.807) is 0 Å². The number of nitrogens with one attached hydrogen (secondary N) is 4. The van der Waals surface area contributed by atoms with E-state index in [9.17, 15) is 0 Å². The van der Waals surface area contributed by atoms with Crippen molar-refractivity contribution in [3.05, 3.63) is 202 Å². The second-order valence-electron chi connectivity index (χ2n) is 17.0. The van der Waals surface area contributed by atoms with Crippen LogP contribution in [0.4, 0.5) is 0 Å². The van der Waals surface area contributed by atoms with Crippen molar-refractivity contribution in [1.82, 2.24) is 9.97 Å². The zero-order valence-corrected chi connectivity index (χ0v) is 36.4. The highest BCUT2D eigenvalue weighted by Gasteiger charge is 2.36. The van der Waals surface area contributed by atoms with E-state index >= 15 is 0 Å². The Labute approximate surface area is 370 Å². The van der Waals surface area contributed by atoms with Crippen molar-refractivity contribution in [1.29, 1.82) is 21.6 Å². The number of hydrogen-bond acceptors (Lipinski definition) is 8. The van der Waals surface area contributed by atoms with E-state index in [0.29, 0.717) is 22.5 Å². The maximum atomic E-state index is 9.00. The molecule has 6 nitrogen and oxygen atoms in total. The number of benzene rings is 6. The topological polar surface area (TPSA) is 121 Å². The maximum Gasteiger partial charge on any atom is 0.119 e. The standard InChI is InChI=1S/C54H42N6S2/c1-53(2)41-13-7-5-11-37(41)39-25-23-32(29-43(39)53)45-15-9-17-47(59-45)51(57)61-49(55)34-21-19-31-20-22-35(28-36(31)27-34)50(56)62-52(58)48-18-10-16-46(60-48)33-24-26-40-38-12-6-8-14-42(38)54(3,4)44(40)30-33/h5-30,55-58H,1-4H3. The van der Waals surface area contributed by atoms with Gasteiger partial charge in [-0.3, -0.25) is 21.6 Å². The van der Waals surface area contributed by atoms with Crippen molar-refractivity contribution in [2.24, 2.45) is 0 Å². The summed E-state index contributed by atoms with van der Waals surface area (Å²) in [5.74, 6) is 0. The molecule has 0 amide bonds. The fraction of sp³-hybridized carbons (Fsp3) is 0.111. The van der Waals surface area contributed by atoms with Crippen LogP contribution >= 0.6 is 23.5 Å². The van der Waals surface area contributed by atoms with Gasteiger partial charge in [-0.05, 0) is 127 Å². The summed E-state index contributed by atoms with van der Waals surface area (Å²) in [4.78, 5) is 9.79. The number of hydrogen-bond donors (Lipinski definition) is 4. The summed E-state index contributed by atoms with van der Waals surface area (Å²) < 4.78 is 0. The number of fused-ring (bicyclic) bond motifs is 7. The lowest BCUT2D eigenvalue weighted by Gasteiger charge is -2.21. The maximum absolute atomic E-state index is 9.00. The fourth-order valence-corrected chi connectivity index (χ4v) is 10.5. The third-order valence-corrected chi connectivity index (χ3v) is 14.2. The summed E-state index contributed by atoms with van der Waals surface area (Å²) in [5.41, 5.74) is 15.9. The molecular formula is C54H42N6S2. The van der Waals surface area contributed by atoms with Crippen molar-refractivity contribution < 1.29 is 0 Å². The van der Waals surface area contributed by atoms with E-state index in [4.69, 9.17) is 31.6 Å². The third-order valence-electron chi connectivity index (χ3n) is 12.5. The van der Waals surface area contributed by atoms with Gasteiger partial charge in [-0.25, -0.2) is 9.97 Å². The Balaban J connectivity index is 0.826. The molecule has 2 aromatic heterocycles. The molecular weight excluding hydrogens is 797 g/mol. The minimum atomic E-state index is -0.125. The Morgan fingerprint density at radius 3 is 1.26 bits per heavy atom. The average Bonchev–Trinajstić information content (AvgIpc) is 3.67. The molecule has 0 unspecified atom stereocenters. The van der Waals surface area contributed by atoms with Crippen LogP contribution in [0.15, 0.2) is 158 Å². The summed E-state index contributed by atoms with van der Waals surface area (Å²) in [5, 5.41) is 38.6. The number of nitrogens with zero attached hydrogens (tertiary/aromatic N) is 2.